The Bertz CT molecular complexity index is 1580. The summed E-state index contributed by atoms with van der Waals surface area (Å²) < 4.78 is 34.1. The van der Waals surface area contributed by atoms with Gasteiger partial charge in [-0.2, -0.15) is 0 Å². The van der Waals surface area contributed by atoms with E-state index in [9.17, 15) is 13.2 Å². The first-order chi connectivity index (χ1) is 17.1. The first-order valence-electron chi connectivity index (χ1n) is 11.7. The standard InChI is InChI=1S/C24H25ClN6O4S/c1-13-19(29-18-5-4-14(25)12-31(13)18)20(32)28-15-10-16-21(27-11-15)35-9-6-17-23(16,2)30-22(26)24(7-3-8-24)36(17,33)34/h4-5,10-12,17H,3,6-9H2,1-2H3,(H2,26,30)(H,28,32). The van der Waals surface area contributed by atoms with Gasteiger partial charge in [-0.25, -0.2) is 18.4 Å². The van der Waals surface area contributed by atoms with Gasteiger partial charge in [-0.15, -0.1) is 0 Å². The number of aliphatic imine (C=N–C) groups is 1. The SMILES string of the molecule is Cc1c(C(=O)Nc2cnc3c(c2)C2(C)N=C(N)C4(CCC4)S(=O)(=O)C2CCO3)nc2ccc(Cl)cn12. The van der Waals surface area contributed by atoms with E-state index in [1.807, 2.05) is 0 Å². The van der Waals surface area contributed by atoms with Gasteiger partial charge in [0, 0.05) is 18.2 Å². The number of aryl methyl sites for hydroxylation is 1. The van der Waals surface area contributed by atoms with Crippen molar-refractivity contribution >= 4 is 44.5 Å². The fourth-order valence-electron chi connectivity index (χ4n) is 5.66. The second kappa shape index (κ2) is 7.66. The van der Waals surface area contributed by atoms with Crippen LogP contribution < -0.4 is 15.8 Å². The summed E-state index contributed by atoms with van der Waals surface area (Å²) in [5.41, 5.74) is 7.44. The minimum absolute atomic E-state index is 0.147. The van der Waals surface area contributed by atoms with Crippen LogP contribution in [0.4, 0.5) is 5.69 Å². The molecule has 1 spiro atoms. The van der Waals surface area contributed by atoms with E-state index >= 15 is 0 Å². The predicted octanol–water partition coefficient (Wildman–Crippen LogP) is 3.02. The fourth-order valence-corrected chi connectivity index (χ4v) is 8.75. The predicted molar refractivity (Wildman–Crippen MR) is 136 cm³/mol. The minimum atomic E-state index is -3.64. The molecule has 36 heavy (non-hydrogen) atoms. The summed E-state index contributed by atoms with van der Waals surface area (Å²) in [4.78, 5) is 26.8. The number of rotatable bonds is 2. The van der Waals surface area contributed by atoms with Crippen LogP contribution in [0.1, 0.15) is 54.4 Å². The normalized spacial score (nSPS) is 25.6. The summed E-state index contributed by atoms with van der Waals surface area (Å²) in [6.45, 7) is 3.73. The highest BCUT2D eigenvalue weighted by molar-refractivity contribution is 7.94. The van der Waals surface area contributed by atoms with Crippen molar-refractivity contribution in [3.63, 3.8) is 0 Å². The summed E-state index contributed by atoms with van der Waals surface area (Å²) in [5.74, 6) is -0.000321. The van der Waals surface area contributed by atoms with Gasteiger partial charge in [0.05, 0.1) is 34.5 Å². The van der Waals surface area contributed by atoms with Crippen molar-refractivity contribution in [2.75, 3.05) is 11.9 Å². The van der Waals surface area contributed by atoms with E-state index in [2.05, 4.69) is 15.3 Å². The first kappa shape index (κ1) is 23.2. The zero-order valence-corrected chi connectivity index (χ0v) is 21.4. The zero-order chi connectivity index (χ0) is 25.5. The highest BCUT2D eigenvalue weighted by atomic mass is 35.5. The molecule has 12 heteroatoms. The zero-order valence-electron chi connectivity index (χ0n) is 19.8. The third kappa shape index (κ3) is 3.05. The third-order valence-electron chi connectivity index (χ3n) is 7.84. The lowest BCUT2D eigenvalue weighted by Crippen LogP contribution is -2.65. The smallest absolute Gasteiger partial charge is 0.276 e. The Morgan fingerprint density at radius 2 is 2.11 bits per heavy atom. The number of carbonyl (C=O) groups excluding carboxylic acids is 1. The molecule has 2 aliphatic heterocycles. The largest absolute Gasteiger partial charge is 0.477 e. The van der Waals surface area contributed by atoms with Crippen molar-refractivity contribution in [1.82, 2.24) is 14.4 Å². The van der Waals surface area contributed by atoms with Gasteiger partial charge in [-0.1, -0.05) is 11.6 Å². The van der Waals surface area contributed by atoms with E-state index in [0.717, 1.165) is 6.42 Å². The number of aromatic nitrogens is 3. The number of ether oxygens (including phenoxy) is 1. The molecular weight excluding hydrogens is 504 g/mol. The van der Waals surface area contributed by atoms with Crippen LogP contribution in [-0.4, -0.2) is 51.1 Å². The van der Waals surface area contributed by atoms with Crippen LogP contribution in [0.5, 0.6) is 5.88 Å². The van der Waals surface area contributed by atoms with Crippen LogP contribution in [0.25, 0.3) is 5.65 Å². The molecule has 1 saturated carbocycles. The maximum Gasteiger partial charge on any atom is 0.276 e. The number of pyridine rings is 2. The Kier molecular flexibility index (Phi) is 4.94. The summed E-state index contributed by atoms with van der Waals surface area (Å²) in [7, 11) is -3.64. The van der Waals surface area contributed by atoms with Crippen molar-refractivity contribution in [1.29, 1.82) is 0 Å². The van der Waals surface area contributed by atoms with Gasteiger partial charge in [0.1, 0.15) is 27.5 Å². The number of nitrogens with two attached hydrogens (primary N) is 1. The molecule has 188 valence electrons. The Hall–Kier alpha value is -3.18. The number of sulfone groups is 1. The van der Waals surface area contributed by atoms with E-state index in [4.69, 9.17) is 27.1 Å². The van der Waals surface area contributed by atoms with E-state index in [1.54, 1.807) is 42.6 Å². The molecule has 10 nitrogen and oxygen atoms in total. The maximum absolute atomic E-state index is 13.8. The molecule has 3 aromatic rings. The highest BCUT2D eigenvalue weighted by Crippen LogP contribution is 2.53. The van der Waals surface area contributed by atoms with Gasteiger partial charge >= 0.3 is 0 Å². The van der Waals surface area contributed by atoms with Crippen molar-refractivity contribution in [2.24, 2.45) is 10.7 Å². The number of fused-ring (bicyclic) bond motifs is 4. The van der Waals surface area contributed by atoms with Crippen LogP contribution in [-0.2, 0) is 15.4 Å². The average molecular weight is 529 g/mol. The number of imidazole rings is 1. The Balaban J connectivity index is 1.40. The number of halogens is 1. The molecule has 5 heterocycles. The topological polar surface area (TPSA) is 141 Å². The average Bonchev–Trinajstić information content (AvgIpc) is 3.02. The van der Waals surface area contributed by atoms with E-state index < -0.39 is 31.3 Å². The molecule has 3 aromatic heterocycles. The molecule has 1 fully saturated rings. The number of carbonyl (C=O) groups is 1. The van der Waals surface area contributed by atoms with Crippen LogP contribution in [0.2, 0.25) is 5.02 Å². The second-order valence-electron chi connectivity index (χ2n) is 9.82. The molecule has 0 bridgehead atoms. The fraction of sp³-hybridized carbons (Fsp3) is 0.417. The maximum atomic E-state index is 13.8. The quantitative estimate of drug-likeness (QED) is 0.520. The molecule has 3 N–H and O–H groups in total. The molecule has 1 amide bonds. The van der Waals surface area contributed by atoms with Gasteiger partial charge in [-0.3, -0.25) is 9.79 Å². The highest BCUT2D eigenvalue weighted by Gasteiger charge is 2.63. The number of nitrogens with zero attached hydrogens (tertiary/aromatic N) is 4. The monoisotopic (exact) mass is 528 g/mol. The molecule has 6 rings (SSSR count). The van der Waals surface area contributed by atoms with Crippen LogP contribution in [0.3, 0.4) is 0 Å². The number of hydrogen-bond acceptors (Lipinski definition) is 8. The van der Waals surface area contributed by atoms with E-state index in [0.29, 0.717) is 40.5 Å². The van der Waals surface area contributed by atoms with E-state index in [-0.39, 0.29) is 30.4 Å². The van der Waals surface area contributed by atoms with Gasteiger partial charge in [-0.05, 0) is 51.3 Å². The molecule has 0 aromatic carbocycles. The number of nitrogens with one attached hydrogen (secondary N) is 1. The Morgan fingerprint density at radius 1 is 1.33 bits per heavy atom. The van der Waals surface area contributed by atoms with Crippen LogP contribution in [0.15, 0.2) is 35.6 Å². The summed E-state index contributed by atoms with van der Waals surface area (Å²) >= 11 is 6.09. The first-order valence-corrected chi connectivity index (χ1v) is 13.7. The Labute approximate surface area is 212 Å². The number of amidine groups is 1. The number of hydrogen-bond donors (Lipinski definition) is 2. The van der Waals surface area contributed by atoms with Gasteiger partial charge in [0.15, 0.2) is 9.84 Å². The van der Waals surface area contributed by atoms with Crippen LogP contribution in [0, 0.1) is 6.92 Å². The summed E-state index contributed by atoms with van der Waals surface area (Å²) in [6.07, 6.45) is 5.22. The molecule has 0 radical (unpaired) electrons. The Morgan fingerprint density at radius 3 is 2.83 bits per heavy atom. The van der Waals surface area contributed by atoms with Gasteiger partial charge < -0.3 is 20.2 Å². The lowest BCUT2D eigenvalue weighted by atomic mass is 9.81. The molecule has 1 aliphatic carbocycles. The molecule has 0 saturated heterocycles. The number of amides is 1. The van der Waals surface area contributed by atoms with E-state index in [1.165, 1.54) is 6.20 Å². The molecular formula is C24H25ClN6O4S. The molecule has 3 aliphatic rings. The van der Waals surface area contributed by atoms with Crippen molar-refractivity contribution in [3.05, 3.63) is 52.6 Å². The van der Waals surface area contributed by atoms with Crippen molar-refractivity contribution < 1.29 is 17.9 Å². The van der Waals surface area contributed by atoms with Crippen molar-refractivity contribution in [3.8, 4) is 5.88 Å². The lowest BCUT2D eigenvalue weighted by Gasteiger charge is -2.50. The molecule has 2 unspecified atom stereocenters. The van der Waals surface area contributed by atoms with Gasteiger partial charge in [0.25, 0.3) is 5.91 Å². The summed E-state index contributed by atoms with van der Waals surface area (Å²) in [5, 5.41) is 2.55. The lowest BCUT2D eigenvalue weighted by molar-refractivity contribution is 0.102. The minimum Gasteiger partial charge on any atom is -0.477 e. The molecule has 2 atom stereocenters. The third-order valence-corrected chi connectivity index (χ3v) is 11.2. The van der Waals surface area contributed by atoms with Crippen molar-refractivity contribution in [2.45, 2.75) is 55.1 Å². The number of anilines is 1. The van der Waals surface area contributed by atoms with Gasteiger partial charge in [0.2, 0.25) is 5.88 Å². The summed E-state index contributed by atoms with van der Waals surface area (Å²) in [6, 6.07) is 5.11. The second-order valence-corrected chi connectivity index (χ2v) is 12.7. The van der Waals surface area contributed by atoms with Crippen LogP contribution >= 0.6 is 11.6 Å².